The minimum absolute atomic E-state index is 0.153. The summed E-state index contributed by atoms with van der Waals surface area (Å²) in [7, 11) is -3.34. The predicted octanol–water partition coefficient (Wildman–Crippen LogP) is 2.61. The van der Waals surface area contributed by atoms with E-state index in [0.717, 1.165) is 15.7 Å². The van der Waals surface area contributed by atoms with Crippen LogP contribution >= 0.6 is 23.1 Å². The summed E-state index contributed by atoms with van der Waals surface area (Å²) < 4.78 is 26.1. The second-order valence-corrected chi connectivity index (χ2v) is 10.1. The number of carbonyl (C=O) groups excluding carboxylic acids is 1. The van der Waals surface area contributed by atoms with Crippen LogP contribution in [0.2, 0.25) is 0 Å². The van der Waals surface area contributed by atoms with E-state index in [1.54, 1.807) is 30.0 Å². The van der Waals surface area contributed by atoms with Crippen LogP contribution in [0.5, 0.6) is 0 Å². The van der Waals surface area contributed by atoms with Gasteiger partial charge >= 0.3 is 0 Å². The summed E-state index contributed by atoms with van der Waals surface area (Å²) in [5.41, 5.74) is 1.97. The van der Waals surface area contributed by atoms with E-state index in [2.05, 4.69) is 15.5 Å². The van der Waals surface area contributed by atoms with Gasteiger partial charge in [0.1, 0.15) is 0 Å². The molecule has 1 aromatic heterocycles. The Morgan fingerprint density at radius 1 is 1.44 bits per heavy atom. The number of fused-ring (bicyclic) bond motifs is 1. The first-order chi connectivity index (χ1) is 11.8. The molecule has 7 nitrogen and oxygen atoms in total. The number of rotatable bonds is 5. The molecule has 1 aliphatic heterocycles. The molecule has 0 saturated carbocycles. The number of sulfonamides is 1. The summed E-state index contributed by atoms with van der Waals surface area (Å²) in [5, 5.41) is 11.2. The van der Waals surface area contributed by atoms with Gasteiger partial charge < -0.3 is 0 Å². The predicted molar refractivity (Wildman–Crippen MR) is 101 cm³/mol. The first kappa shape index (κ1) is 18.2. The lowest BCUT2D eigenvalue weighted by molar-refractivity contribution is 0.102. The van der Waals surface area contributed by atoms with Gasteiger partial charge in [-0.2, -0.15) is 0 Å². The average molecular weight is 399 g/mol. The fraction of sp³-hybridized carbons (Fsp3) is 0.400. The van der Waals surface area contributed by atoms with Gasteiger partial charge in [-0.1, -0.05) is 30.0 Å². The lowest BCUT2D eigenvalue weighted by Gasteiger charge is -2.21. The van der Waals surface area contributed by atoms with Crippen molar-refractivity contribution in [2.75, 3.05) is 21.6 Å². The number of aromatic nitrogens is 2. The lowest BCUT2D eigenvalue weighted by Crippen LogP contribution is -2.34. The van der Waals surface area contributed by atoms with Gasteiger partial charge in [0.2, 0.25) is 15.2 Å². The molecule has 0 fully saturated rings. The maximum Gasteiger partial charge on any atom is 0.257 e. The van der Waals surface area contributed by atoms with E-state index in [1.807, 2.05) is 13.8 Å². The molecule has 2 aromatic rings. The number of hydrogen-bond donors (Lipinski definition) is 1. The Bertz CT molecular complexity index is 910. The van der Waals surface area contributed by atoms with Crippen LogP contribution < -0.4 is 9.62 Å². The number of amides is 1. The number of anilines is 2. The molecule has 1 N–H and O–H groups in total. The molecule has 0 spiro atoms. The molecule has 1 aliphatic rings. The van der Waals surface area contributed by atoms with E-state index in [-0.39, 0.29) is 11.9 Å². The smallest absolute Gasteiger partial charge is 0.257 e. The van der Waals surface area contributed by atoms with Crippen molar-refractivity contribution in [1.29, 1.82) is 0 Å². The molecular weight excluding hydrogens is 380 g/mol. The van der Waals surface area contributed by atoms with Crippen molar-refractivity contribution >= 4 is 49.8 Å². The molecule has 0 radical (unpaired) electrons. The van der Waals surface area contributed by atoms with Crippen molar-refractivity contribution < 1.29 is 13.2 Å². The number of thioether (sulfide) groups is 1. The standard InChI is InChI=1S/C15H18N4O3S3/c1-4-23-15-18-17-14(24-15)16-13(20)10-5-6-12-11(8-10)7-9(2)19(12)25(3,21)22/h5-6,8-9H,4,7H2,1-3H3,(H,16,17,20)/t9-/m0/s1. The number of carbonyl (C=O) groups is 1. The molecule has 0 saturated heterocycles. The third-order valence-electron chi connectivity index (χ3n) is 3.75. The monoisotopic (exact) mass is 398 g/mol. The molecule has 0 bridgehead atoms. The zero-order valence-corrected chi connectivity index (χ0v) is 16.5. The molecule has 1 atom stereocenters. The number of nitrogens with zero attached hydrogens (tertiary/aromatic N) is 3. The molecule has 25 heavy (non-hydrogen) atoms. The fourth-order valence-electron chi connectivity index (χ4n) is 2.86. The van der Waals surface area contributed by atoms with Crippen LogP contribution in [-0.4, -0.2) is 42.6 Å². The second kappa shape index (κ2) is 6.93. The largest absolute Gasteiger partial charge is 0.296 e. The molecule has 0 unspecified atom stereocenters. The summed E-state index contributed by atoms with van der Waals surface area (Å²) in [4.78, 5) is 12.4. The van der Waals surface area contributed by atoms with E-state index in [4.69, 9.17) is 0 Å². The number of nitrogens with one attached hydrogen (secondary N) is 1. The Labute approximate surface area is 154 Å². The molecule has 0 aliphatic carbocycles. The minimum atomic E-state index is -3.34. The third kappa shape index (κ3) is 3.80. The maximum atomic E-state index is 12.4. The molecule has 2 heterocycles. The first-order valence-corrected chi connectivity index (χ1v) is 11.3. The Kier molecular flexibility index (Phi) is 5.03. The summed E-state index contributed by atoms with van der Waals surface area (Å²) in [6.07, 6.45) is 1.78. The maximum absolute atomic E-state index is 12.4. The van der Waals surface area contributed by atoms with Crippen molar-refractivity contribution in [3.05, 3.63) is 29.3 Å². The van der Waals surface area contributed by atoms with Crippen molar-refractivity contribution in [3.8, 4) is 0 Å². The first-order valence-electron chi connectivity index (χ1n) is 7.69. The quantitative estimate of drug-likeness (QED) is 0.615. The van der Waals surface area contributed by atoms with Crippen LogP contribution in [0.25, 0.3) is 0 Å². The van der Waals surface area contributed by atoms with Gasteiger partial charge in [0, 0.05) is 11.6 Å². The fourth-order valence-corrected chi connectivity index (χ4v) is 5.77. The van der Waals surface area contributed by atoms with Crippen molar-refractivity contribution in [1.82, 2.24) is 10.2 Å². The van der Waals surface area contributed by atoms with Crippen molar-refractivity contribution in [2.45, 2.75) is 30.6 Å². The number of hydrogen-bond acceptors (Lipinski definition) is 7. The van der Waals surface area contributed by atoms with Gasteiger partial charge in [0.25, 0.3) is 5.91 Å². The van der Waals surface area contributed by atoms with Gasteiger partial charge in [-0.05, 0) is 42.9 Å². The SMILES string of the molecule is CCSc1nnc(NC(=O)c2ccc3c(c2)C[C@H](C)N3S(C)(=O)=O)s1. The van der Waals surface area contributed by atoms with Gasteiger partial charge in [-0.25, -0.2) is 8.42 Å². The summed E-state index contributed by atoms with van der Waals surface area (Å²) in [6.45, 7) is 3.88. The highest BCUT2D eigenvalue weighted by atomic mass is 32.2. The molecule has 134 valence electrons. The van der Waals surface area contributed by atoms with Gasteiger partial charge in [0.05, 0.1) is 11.9 Å². The second-order valence-electron chi connectivity index (χ2n) is 5.72. The van der Waals surface area contributed by atoms with Crippen molar-refractivity contribution in [3.63, 3.8) is 0 Å². The number of benzene rings is 1. The van der Waals surface area contributed by atoms with Crippen LogP contribution in [0.3, 0.4) is 0 Å². The Morgan fingerprint density at radius 3 is 2.88 bits per heavy atom. The van der Waals surface area contributed by atoms with E-state index < -0.39 is 10.0 Å². The van der Waals surface area contributed by atoms with Crippen LogP contribution in [-0.2, 0) is 16.4 Å². The lowest BCUT2D eigenvalue weighted by atomic mass is 10.1. The highest BCUT2D eigenvalue weighted by Crippen LogP contribution is 2.35. The topological polar surface area (TPSA) is 92.3 Å². The van der Waals surface area contributed by atoms with E-state index in [0.29, 0.717) is 22.8 Å². The Balaban J connectivity index is 1.80. The van der Waals surface area contributed by atoms with Crippen molar-refractivity contribution in [2.24, 2.45) is 0 Å². The molecule has 10 heteroatoms. The van der Waals surface area contributed by atoms with Gasteiger partial charge in [-0.3, -0.25) is 14.4 Å². The highest BCUT2D eigenvalue weighted by Gasteiger charge is 2.32. The molecule has 1 aromatic carbocycles. The highest BCUT2D eigenvalue weighted by molar-refractivity contribution is 8.01. The summed E-state index contributed by atoms with van der Waals surface area (Å²) >= 11 is 2.90. The van der Waals surface area contributed by atoms with Gasteiger partial charge in [0.15, 0.2) is 4.34 Å². The Hall–Kier alpha value is -1.65. The van der Waals surface area contributed by atoms with E-state index in [1.165, 1.54) is 21.9 Å². The third-order valence-corrected chi connectivity index (χ3v) is 6.87. The van der Waals surface area contributed by atoms with Gasteiger partial charge in [-0.15, -0.1) is 10.2 Å². The van der Waals surface area contributed by atoms with E-state index in [9.17, 15) is 13.2 Å². The van der Waals surface area contributed by atoms with E-state index >= 15 is 0 Å². The van der Waals surface area contributed by atoms with Crippen LogP contribution in [0, 0.1) is 0 Å². The van der Waals surface area contributed by atoms with Crippen LogP contribution in [0.15, 0.2) is 22.5 Å². The zero-order chi connectivity index (χ0) is 18.2. The average Bonchev–Trinajstić information content (AvgIpc) is 3.09. The van der Waals surface area contributed by atoms with Crippen LogP contribution in [0.1, 0.15) is 29.8 Å². The summed E-state index contributed by atoms with van der Waals surface area (Å²) in [6, 6.07) is 4.91. The minimum Gasteiger partial charge on any atom is -0.296 e. The van der Waals surface area contributed by atoms with Crippen LogP contribution in [0.4, 0.5) is 10.8 Å². The molecule has 1 amide bonds. The molecular formula is C15H18N4O3S3. The Morgan fingerprint density at radius 2 is 2.20 bits per heavy atom. The summed E-state index contributed by atoms with van der Waals surface area (Å²) in [5.74, 6) is 0.611. The molecule has 3 rings (SSSR count). The zero-order valence-electron chi connectivity index (χ0n) is 14.0. The normalized spacial score (nSPS) is 16.8.